The lowest BCUT2D eigenvalue weighted by molar-refractivity contribution is 0.199. The average molecular weight is 202 g/mol. The maximum absolute atomic E-state index is 9.47. The zero-order valence-corrected chi connectivity index (χ0v) is 8.88. The Kier molecular flexibility index (Phi) is 2.56. The third-order valence-corrected chi connectivity index (χ3v) is 2.38. The molecule has 0 aliphatic rings. The van der Waals surface area contributed by atoms with Gasteiger partial charge in [-0.2, -0.15) is 5.10 Å². The molecule has 2 rings (SSSR count). The molecule has 0 fully saturated rings. The van der Waals surface area contributed by atoms with E-state index in [1.807, 2.05) is 43.6 Å². The summed E-state index contributed by atoms with van der Waals surface area (Å²) >= 11 is 0. The number of aromatic nitrogens is 2. The molecule has 3 nitrogen and oxygen atoms in total. The second-order valence-electron chi connectivity index (χ2n) is 3.68. The summed E-state index contributed by atoms with van der Waals surface area (Å²) < 4.78 is 1.77. The van der Waals surface area contributed by atoms with Gasteiger partial charge < -0.3 is 5.11 Å². The maximum Gasteiger partial charge on any atom is 0.0923 e. The van der Waals surface area contributed by atoms with Crippen LogP contribution < -0.4 is 0 Å². The van der Waals surface area contributed by atoms with E-state index in [0.29, 0.717) is 0 Å². The predicted molar refractivity (Wildman–Crippen MR) is 59.3 cm³/mol. The third kappa shape index (κ3) is 2.07. The van der Waals surface area contributed by atoms with E-state index in [1.54, 1.807) is 11.6 Å². The van der Waals surface area contributed by atoms with Crippen LogP contribution in [-0.2, 0) is 7.05 Å². The van der Waals surface area contributed by atoms with Gasteiger partial charge in [-0.05, 0) is 24.6 Å². The van der Waals surface area contributed by atoms with Crippen LogP contribution >= 0.6 is 0 Å². The smallest absolute Gasteiger partial charge is 0.0923 e. The number of nitrogens with zero attached hydrogens (tertiary/aromatic N) is 2. The van der Waals surface area contributed by atoms with E-state index >= 15 is 0 Å². The predicted octanol–water partition coefficient (Wildman–Crippen LogP) is 2.14. The van der Waals surface area contributed by atoms with Crippen molar-refractivity contribution in [1.29, 1.82) is 0 Å². The molecule has 78 valence electrons. The molecule has 2 aromatic rings. The first-order valence-electron chi connectivity index (χ1n) is 4.95. The highest BCUT2D eigenvalue weighted by atomic mass is 16.3. The third-order valence-electron chi connectivity index (χ3n) is 2.38. The zero-order valence-electron chi connectivity index (χ0n) is 8.88. The average Bonchev–Trinajstić information content (AvgIpc) is 2.65. The Morgan fingerprint density at radius 2 is 2.13 bits per heavy atom. The SMILES string of the molecule is CC(O)c1cccc(-c2ccn(C)n2)c1. The fourth-order valence-corrected chi connectivity index (χ4v) is 1.53. The number of hydrogen-bond acceptors (Lipinski definition) is 2. The Balaban J connectivity index is 2.41. The lowest BCUT2D eigenvalue weighted by atomic mass is 10.1. The van der Waals surface area contributed by atoms with Crippen LogP contribution in [0, 0.1) is 0 Å². The lowest BCUT2D eigenvalue weighted by Gasteiger charge is -2.05. The van der Waals surface area contributed by atoms with Crippen molar-refractivity contribution in [3.63, 3.8) is 0 Å². The van der Waals surface area contributed by atoms with Gasteiger partial charge in [0.15, 0.2) is 0 Å². The topological polar surface area (TPSA) is 38.0 Å². The minimum Gasteiger partial charge on any atom is -0.389 e. The van der Waals surface area contributed by atoms with Crippen molar-refractivity contribution in [2.24, 2.45) is 7.05 Å². The van der Waals surface area contributed by atoms with Crippen LogP contribution in [0.25, 0.3) is 11.3 Å². The Bertz CT molecular complexity index is 460. The van der Waals surface area contributed by atoms with Crippen LogP contribution in [0.2, 0.25) is 0 Å². The van der Waals surface area contributed by atoms with Crippen LogP contribution in [0.5, 0.6) is 0 Å². The Morgan fingerprint density at radius 1 is 1.33 bits per heavy atom. The van der Waals surface area contributed by atoms with E-state index in [4.69, 9.17) is 0 Å². The van der Waals surface area contributed by atoms with Gasteiger partial charge >= 0.3 is 0 Å². The molecule has 1 N–H and O–H groups in total. The largest absolute Gasteiger partial charge is 0.389 e. The zero-order chi connectivity index (χ0) is 10.8. The molecule has 3 heteroatoms. The van der Waals surface area contributed by atoms with Gasteiger partial charge in [0.1, 0.15) is 0 Å². The highest BCUT2D eigenvalue weighted by Gasteiger charge is 2.04. The summed E-state index contributed by atoms with van der Waals surface area (Å²) in [4.78, 5) is 0. The number of rotatable bonds is 2. The first-order valence-corrected chi connectivity index (χ1v) is 4.95. The monoisotopic (exact) mass is 202 g/mol. The highest BCUT2D eigenvalue weighted by molar-refractivity contribution is 5.59. The summed E-state index contributed by atoms with van der Waals surface area (Å²) in [5.41, 5.74) is 2.88. The quantitative estimate of drug-likeness (QED) is 0.810. The van der Waals surface area contributed by atoms with Gasteiger partial charge in [0.2, 0.25) is 0 Å². The maximum atomic E-state index is 9.47. The van der Waals surface area contributed by atoms with E-state index < -0.39 is 6.10 Å². The molecule has 1 aromatic carbocycles. The van der Waals surface area contributed by atoms with Gasteiger partial charge in [0.05, 0.1) is 11.8 Å². The Morgan fingerprint density at radius 3 is 2.73 bits per heavy atom. The van der Waals surface area contributed by atoms with Crippen molar-refractivity contribution in [3.8, 4) is 11.3 Å². The lowest BCUT2D eigenvalue weighted by Crippen LogP contribution is -1.92. The molecule has 1 aromatic heterocycles. The molecule has 0 aliphatic heterocycles. The molecular weight excluding hydrogens is 188 g/mol. The van der Waals surface area contributed by atoms with E-state index in [1.165, 1.54) is 0 Å². The van der Waals surface area contributed by atoms with Gasteiger partial charge in [0, 0.05) is 18.8 Å². The van der Waals surface area contributed by atoms with Crippen molar-refractivity contribution in [1.82, 2.24) is 9.78 Å². The van der Waals surface area contributed by atoms with Crippen LogP contribution in [-0.4, -0.2) is 14.9 Å². The number of aliphatic hydroxyl groups is 1. The summed E-state index contributed by atoms with van der Waals surface area (Å²) in [7, 11) is 1.89. The Labute approximate surface area is 89.0 Å². The van der Waals surface area contributed by atoms with Crippen molar-refractivity contribution < 1.29 is 5.11 Å². The molecule has 1 heterocycles. The summed E-state index contributed by atoms with van der Waals surface area (Å²) in [6, 6.07) is 9.77. The fourth-order valence-electron chi connectivity index (χ4n) is 1.53. The first kappa shape index (κ1) is 9.93. The molecule has 1 atom stereocenters. The molecule has 1 unspecified atom stereocenters. The number of aryl methyl sites for hydroxylation is 1. The van der Waals surface area contributed by atoms with Gasteiger partial charge in [0.25, 0.3) is 0 Å². The van der Waals surface area contributed by atoms with Gasteiger partial charge in [-0.1, -0.05) is 18.2 Å². The molecule has 15 heavy (non-hydrogen) atoms. The molecule has 0 spiro atoms. The standard InChI is InChI=1S/C12H14N2O/c1-9(15)10-4-3-5-11(8-10)12-6-7-14(2)13-12/h3-9,15H,1-2H3. The molecule has 0 amide bonds. The van der Waals surface area contributed by atoms with Crippen molar-refractivity contribution >= 4 is 0 Å². The van der Waals surface area contributed by atoms with E-state index in [2.05, 4.69) is 5.10 Å². The second kappa shape index (κ2) is 3.87. The normalized spacial score (nSPS) is 12.7. The summed E-state index contributed by atoms with van der Waals surface area (Å²) in [5.74, 6) is 0. The molecule has 0 aliphatic carbocycles. The second-order valence-corrected chi connectivity index (χ2v) is 3.68. The number of benzene rings is 1. The van der Waals surface area contributed by atoms with Gasteiger partial charge in [-0.15, -0.1) is 0 Å². The van der Waals surface area contributed by atoms with Crippen LogP contribution in [0.1, 0.15) is 18.6 Å². The Hall–Kier alpha value is -1.61. The fraction of sp³-hybridized carbons (Fsp3) is 0.250. The molecule has 0 radical (unpaired) electrons. The molecule has 0 saturated carbocycles. The summed E-state index contributed by atoms with van der Waals surface area (Å²) in [6.07, 6.45) is 1.47. The first-order chi connectivity index (χ1) is 7.16. The minimum absolute atomic E-state index is 0.436. The van der Waals surface area contributed by atoms with Crippen molar-refractivity contribution in [2.45, 2.75) is 13.0 Å². The highest BCUT2D eigenvalue weighted by Crippen LogP contribution is 2.21. The summed E-state index contributed by atoms with van der Waals surface area (Å²) in [5, 5.41) is 13.8. The minimum atomic E-state index is -0.436. The molecule has 0 bridgehead atoms. The van der Waals surface area contributed by atoms with Crippen LogP contribution in [0.15, 0.2) is 36.5 Å². The van der Waals surface area contributed by atoms with Gasteiger partial charge in [-0.3, -0.25) is 4.68 Å². The number of hydrogen-bond donors (Lipinski definition) is 1. The van der Waals surface area contributed by atoms with Gasteiger partial charge in [-0.25, -0.2) is 0 Å². The van der Waals surface area contributed by atoms with Crippen LogP contribution in [0.3, 0.4) is 0 Å². The summed E-state index contributed by atoms with van der Waals surface area (Å²) in [6.45, 7) is 1.76. The van der Waals surface area contributed by atoms with E-state index in [-0.39, 0.29) is 0 Å². The molecular formula is C12H14N2O. The van der Waals surface area contributed by atoms with Crippen LogP contribution in [0.4, 0.5) is 0 Å². The van der Waals surface area contributed by atoms with E-state index in [9.17, 15) is 5.11 Å². The number of aliphatic hydroxyl groups excluding tert-OH is 1. The van der Waals surface area contributed by atoms with E-state index in [0.717, 1.165) is 16.8 Å². The van der Waals surface area contributed by atoms with Crippen molar-refractivity contribution in [3.05, 3.63) is 42.1 Å². The molecule has 0 saturated heterocycles. The van der Waals surface area contributed by atoms with Crippen molar-refractivity contribution in [2.75, 3.05) is 0 Å².